The Hall–Kier alpha value is -4.01. The Balaban J connectivity index is 1.56. The molecule has 0 saturated carbocycles. The second kappa shape index (κ2) is 10.5. The van der Waals surface area contributed by atoms with Gasteiger partial charge in [-0.25, -0.2) is 9.59 Å². The van der Waals surface area contributed by atoms with E-state index in [9.17, 15) is 24.0 Å². The van der Waals surface area contributed by atoms with Gasteiger partial charge in [0.15, 0.2) is 6.10 Å². The number of nitrogens with one attached hydrogen (secondary N) is 2. The van der Waals surface area contributed by atoms with Gasteiger partial charge in [0.25, 0.3) is 17.7 Å². The Kier molecular flexibility index (Phi) is 7.55. The lowest BCUT2D eigenvalue weighted by molar-refractivity contribution is -0.127. The third kappa shape index (κ3) is 5.62. The number of fused-ring (bicyclic) bond motifs is 1. The second-order valence-electron chi connectivity index (χ2n) is 7.58. The van der Waals surface area contributed by atoms with Crippen LogP contribution >= 0.6 is 0 Å². The molecular formula is C24H25N3O6. The zero-order chi connectivity index (χ0) is 24.0. The quantitative estimate of drug-likeness (QED) is 0.470. The number of urea groups is 1. The van der Waals surface area contributed by atoms with Crippen molar-refractivity contribution in [3.63, 3.8) is 0 Å². The molecule has 9 nitrogen and oxygen atoms in total. The van der Waals surface area contributed by atoms with Crippen LogP contribution in [0.15, 0.2) is 48.5 Å². The summed E-state index contributed by atoms with van der Waals surface area (Å²) in [6, 6.07) is 12.5. The maximum atomic E-state index is 12.5. The van der Waals surface area contributed by atoms with Gasteiger partial charge in [-0.05, 0) is 37.1 Å². The average Bonchev–Trinajstić information content (AvgIpc) is 3.05. The lowest BCUT2D eigenvalue weighted by Crippen LogP contribution is -2.44. The first-order valence-electron chi connectivity index (χ1n) is 10.7. The summed E-state index contributed by atoms with van der Waals surface area (Å²) >= 11 is 0. The molecule has 1 unspecified atom stereocenters. The van der Waals surface area contributed by atoms with E-state index >= 15 is 0 Å². The highest BCUT2D eigenvalue weighted by Crippen LogP contribution is 2.25. The van der Waals surface area contributed by atoms with E-state index in [1.165, 1.54) is 25.1 Å². The molecule has 0 spiro atoms. The van der Waals surface area contributed by atoms with E-state index in [4.69, 9.17) is 4.74 Å². The SMILES string of the molecule is CCCCN1C(=O)c2ccc(C(=O)OC(C)C(=O)NC(=O)NCc3ccccc3)cc2C1=O. The summed E-state index contributed by atoms with van der Waals surface area (Å²) in [7, 11) is 0. The Morgan fingerprint density at radius 1 is 1.00 bits per heavy atom. The van der Waals surface area contributed by atoms with Crippen molar-refractivity contribution in [2.24, 2.45) is 0 Å². The van der Waals surface area contributed by atoms with Crippen molar-refractivity contribution >= 4 is 29.7 Å². The average molecular weight is 451 g/mol. The molecule has 1 aliphatic rings. The molecule has 2 N–H and O–H groups in total. The standard InChI is InChI=1S/C24H25N3O6/c1-3-4-12-27-21(29)18-11-10-17(13-19(18)22(27)30)23(31)33-15(2)20(28)26-24(32)25-14-16-8-6-5-7-9-16/h5-11,13,15H,3-4,12,14H2,1-2H3,(H2,25,26,28,32). The van der Waals surface area contributed by atoms with E-state index in [1.807, 2.05) is 37.3 Å². The molecule has 0 radical (unpaired) electrons. The Morgan fingerprint density at radius 2 is 1.70 bits per heavy atom. The number of carbonyl (C=O) groups excluding carboxylic acids is 5. The summed E-state index contributed by atoms with van der Waals surface area (Å²) in [5, 5.41) is 4.66. The lowest BCUT2D eigenvalue weighted by Gasteiger charge is -2.13. The van der Waals surface area contributed by atoms with Crippen LogP contribution in [0.5, 0.6) is 0 Å². The van der Waals surface area contributed by atoms with Gasteiger partial charge < -0.3 is 10.1 Å². The Morgan fingerprint density at radius 3 is 2.39 bits per heavy atom. The van der Waals surface area contributed by atoms with E-state index < -0.39 is 35.8 Å². The zero-order valence-electron chi connectivity index (χ0n) is 18.4. The maximum Gasteiger partial charge on any atom is 0.338 e. The second-order valence-corrected chi connectivity index (χ2v) is 7.58. The van der Waals surface area contributed by atoms with Crippen LogP contribution < -0.4 is 10.6 Å². The van der Waals surface area contributed by atoms with Crippen LogP contribution in [0, 0.1) is 0 Å². The van der Waals surface area contributed by atoms with Crippen molar-refractivity contribution < 1.29 is 28.7 Å². The summed E-state index contributed by atoms with van der Waals surface area (Å²) in [4.78, 5) is 62.7. The molecular weight excluding hydrogens is 426 g/mol. The number of hydrogen-bond donors (Lipinski definition) is 2. The fraction of sp³-hybridized carbons (Fsp3) is 0.292. The van der Waals surface area contributed by atoms with Crippen molar-refractivity contribution in [2.75, 3.05) is 6.54 Å². The highest BCUT2D eigenvalue weighted by molar-refractivity contribution is 6.22. The predicted octanol–water partition coefficient (Wildman–Crippen LogP) is 2.65. The first-order valence-corrected chi connectivity index (χ1v) is 10.7. The zero-order valence-corrected chi connectivity index (χ0v) is 18.4. The molecule has 0 aromatic heterocycles. The van der Waals surface area contributed by atoms with Gasteiger partial charge in [0.05, 0.1) is 16.7 Å². The number of esters is 1. The number of benzene rings is 2. The van der Waals surface area contributed by atoms with E-state index in [0.717, 1.165) is 16.9 Å². The van der Waals surface area contributed by atoms with E-state index in [1.54, 1.807) is 0 Å². The number of rotatable bonds is 8. The summed E-state index contributed by atoms with van der Waals surface area (Å²) in [5.41, 5.74) is 1.24. The third-order valence-corrected chi connectivity index (χ3v) is 5.13. The smallest absolute Gasteiger partial charge is 0.338 e. The van der Waals surface area contributed by atoms with Crippen LogP contribution in [0.2, 0.25) is 0 Å². The number of imide groups is 2. The topological polar surface area (TPSA) is 122 Å². The molecule has 0 saturated heterocycles. The van der Waals surface area contributed by atoms with E-state index in [-0.39, 0.29) is 23.2 Å². The van der Waals surface area contributed by atoms with Crippen LogP contribution in [0.25, 0.3) is 0 Å². The van der Waals surface area contributed by atoms with Crippen molar-refractivity contribution in [1.82, 2.24) is 15.5 Å². The van der Waals surface area contributed by atoms with Gasteiger partial charge in [0.2, 0.25) is 0 Å². The number of amides is 5. The van der Waals surface area contributed by atoms with Crippen molar-refractivity contribution in [1.29, 1.82) is 0 Å². The third-order valence-electron chi connectivity index (χ3n) is 5.13. The number of nitrogens with zero attached hydrogens (tertiary/aromatic N) is 1. The molecule has 3 rings (SSSR count). The molecule has 1 atom stereocenters. The molecule has 5 amide bonds. The molecule has 1 aliphatic heterocycles. The molecule has 33 heavy (non-hydrogen) atoms. The van der Waals surface area contributed by atoms with Gasteiger partial charge >= 0.3 is 12.0 Å². The molecule has 2 aromatic rings. The summed E-state index contributed by atoms with van der Waals surface area (Å²) < 4.78 is 5.13. The van der Waals surface area contributed by atoms with E-state index in [0.29, 0.717) is 13.0 Å². The van der Waals surface area contributed by atoms with Crippen LogP contribution in [-0.4, -0.2) is 47.3 Å². The Bertz CT molecular complexity index is 1080. The van der Waals surface area contributed by atoms with Crippen LogP contribution in [0.4, 0.5) is 4.79 Å². The molecule has 0 bridgehead atoms. The molecule has 9 heteroatoms. The molecule has 0 aliphatic carbocycles. The largest absolute Gasteiger partial charge is 0.449 e. The fourth-order valence-electron chi connectivity index (χ4n) is 3.26. The van der Waals surface area contributed by atoms with Gasteiger partial charge in [-0.2, -0.15) is 0 Å². The normalized spacial score (nSPS) is 13.3. The number of hydrogen-bond acceptors (Lipinski definition) is 6. The number of unbranched alkanes of at least 4 members (excludes halogenated alkanes) is 1. The number of ether oxygens (including phenoxy) is 1. The minimum atomic E-state index is -1.26. The molecule has 172 valence electrons. The fourth-order valence-corrected chi connectivity index (χ4v) is 3.26. The Labute approximate surface area is 191 Å². The highest BCUT2D eigenvalue weighted by Gasteiger charge is 2.35. The van der Waals surface area contributed by atoms with Gasteiger partial charge in [-0.3, -0.25) is 24.6 Å². The van der Waals surface area contributed by atoms with Crippen LogP contribution in [0.3, 0.4) is 0 Å². The minimum absolute atomic E-state index is 0.0282. The van der Waals surface area contributed by atoms with Gasteiger partial charge in [0, 0.05) is 13.1 Å². The van der Waals surface area contributed by atoms with Gasteiger partial charge in [0.1, 0.15) is 0 Å². The first-order chi connectivity index (χ1) is 15.8. The van der Waals surface area contributed by atoms with Crippen molar-refractivity contribution in [2.45, 2.75) is 39.3 Å². The summed E-state index contributed by atoms with van der Waals surface area (Å²) in [6.45, 7) is 3.82. The van der Waals surface area contributed by atoms with Crippen LogP contribution in [0.1, 0.15) is 63.3 Å². The van der Waals surface area contributed by atoms with Crippen molar-refractivity contribution in [3.8, 4) is 0 Å². The van der Waals surface area contributed by atoms with Crippen molar-refractivity contribution in [3.05, 3.63) is 70.8 Å². The first kappa shape index (κ1) is 23.6. The highest BCUT2D eigenvalue weighted by atomic mass is 16.5. The number of carbonyl (C=O) groups is 5. The summed E-state index contributed by atoms with van der Waals surface area (Å²) in [6.07, 6.45) is 0.257. The minimum Gasteiger partial charge on any atom is -0.449 e. The van der Waals surface area contributed by atoms with Crippen LogP contribution in [-0.2, 0) is 16.1 Å². The lowest BCUT2D eigenvalue weighted by atomic mass is 10.1. The summed E-state index contributed by atoms with van der Waals surface area (Å²) in [5.74, 6) is -2.50. The van der Waals surface area contributed by atoms with Gasteiger partial charge in [-0.15, -0.1) is 0 Å². The monoisotopic (exact) mass is 451 g/mol. The molecule has 2 aromatic carbocycles. The maximum absolute atomic E-state index is 12.5. The predicted molar refractivity (Wildman–Crippen MR) is 118 cm³/mol. The molecule has 0 fully saturated rings. The van der Waals surface area contributed by atoms with E-state index in [2.05, 4.69) is 10.6 Å². The van der Waals surface area contributed by atoms with Gasteiger partial charge in [-0.1, -0.05) is 43.7 Å². The molecule has 1 heterocycles.